The van der Waals surface area contributed by atoms with Crippen LogP contribution in [-0.2, 0) is 32.7 Å². The van der Waals surface area contributed by atoms with E-state index in [9.17, 15) is 19.0 Å². The molecule has 0 amide bonds. The summed E-state index contributed by atoms with van der Waals surface area (Å²) in [4.78, 5) is 34.8. The van der Waals surface area contributed by atoms with Gasteiger partial charge in [0.1, 0.15) is 6.61 Å². The summed E-state index contributed by atoms with van der Waals surface area (Å²) in [6, 6.07) is 0. The van der Waals surface area contributed by atoms with Gasteiger partial charge in [0.25, 0.3) is 0 Å². The van der Waals surface area contributed by atoms with Crippen molar-refractivity contribution in [2.24, 2.45) is 5.73 Å². The fourth-order valence-electron chi connectivity index (χ4n) is 5.89. The molecule has 0 aliphatic carbocycles. The molecule has 0 saturated heterocycles. The fraction of sp³-hybridized carbons (Fsp3) is 0.857. The van der Waals surface area contributed by atoms with E-state index < -0.39 is 26.5 Å². The number of hydrogen-bond acceptors (Lipinski definition) is 8. The van der Waals surface area contributed by atoms with Gasteiger partial charge in [0.2, 0.25) is 0 Å². The maximum absolute atomic E-state index is 12.5. The molecule has 0 bridgehead atoms. The van der Waals surface area contributed by atoms with Gasteiger partial charge in [-0.05, 0) is 38.5 Å². The van der Waals surface area contributed by atoms with Crippen LogP contribution in [0.2, 0.25) is 0 Å². The Kier molecular flexibility index (Phi) is 38.1. The second kappa shape index (κ2) is 39.2. The second-order valence-electron chi connectivity index (χ2n) is 14.2. The first-order chi connectivity index (χ1) is 25.3. The average Bonchev–Trinajstić information content (AvgIpc) is 3.13. The lowest BCUT2D eigenvalue weighted by molar-refractivity contribution is -0.161. The lowest BCUT2D eigenvalue weighted by atomic mass is 10.0. The molecule has 0 aromatic rings. The van der Waals surface area contributed by atoms with Gasteiger partial charge in [-0.3, -0.25) is 18.6 Å². The van der Waals surface area contributed by atoms with E-state index in [0.717, 1.165) is 64.2 Å². The van der Waals surface area contributed by atoms with Crippen molar-refractivity contribution in [3.05, 3.63) is 24.3 Å². The van der Waals surface area contributed by atoms with Crippen molar-refractivity contribution in [1.29, 1.82) is 0 Å². The van der Waals surface area contributed by atoms with Crippen molar-refractivity contribution in [1.82, 2.24) is 0 Å². The van der Waals surface area contributed by atoms with E-state index in [4.69, 9.17) is 24.3 Å². The number of esters is 2. The van der Waals surface area contributed by atoms with Crippen LogP contribution in [0.1, 0.15) is 200 Å². The standard InChI is InChI=1S/C42H80NO8P/c1-3-5-7-9-11-13-15-17-19-20-21-23-24-26-28-30-32-34-41(44)48-38-40(39-50-52(46,47)49-37-36-43)51-42(45)35-33-31-29-27-25-22-18-16-14-12-10-8-6-4-2/h10,12,16,18,40H,3-9,11,13-15,17,19-39,43H2,1-2H3,(H,46,47)/b12-10-,18-16-/t40-/m1/s1. The summed E-state index contributed by atoms with van der Waals surface area (Å²) in [6.45, 7) is 3.69. The van der Waals surface area contributed by atoms with Gasteiger partial charge >= 0.3 is 19.8 Å². The second-order valence-corrected chi connectivity index (χ2v) is 15.7. The first-order valence-corrected chi connectivity index (χ1v) is 22.8. The largest absolute Gasteiger partial charge is 0.472 e. The van der Waals surface area contributed by atoms with E-state index in [-0.39, 0.29) is 38.6 Å². The van der Waals surface area contributed by atoms with Gasteiger partial charge in [-0.1, -0.05) is 173 Å². The first kappa shape index (κ1) is 50.5. The van der Waals surface area contributed by atoms with Crippen LogP contribution >= 0.6 is 7.82 Å². The molecular weight excluding hydrogens is 677 g/mol. The minimum atomic E-state index is -4.37. The van der Waals surface area contributed by atoms with Crippen LogP contribution in [0.5, 0.6) is 0 Å². The Morgan fingerprint density at radius 2 is 1.02 bits per heavy atom. The number of rotatable bonds is 40. The Morgan fingerprint density at radius 3 is 1.52 bits per heavy atom. The van der Waals surface area contributed by atoms with Crippen LogP contribution in [0.25, 0.3) is 0 Å². The molecule has 0 spiro atoms. The predicted molar refractivity (Wildman–Crippen MR) is 215 cm³/mol. The minimum Gasteiger partial charge on any atom is -0.462 e. The van der Waals surface area contributed by atoms with E-state index in [1.54, 1.807) is 0 Å². The Balaban J connectivity index is 4.14. The molecule has 0 aromatic carbocycles. The zero-order chi connectivity index (χ0) is 38.2. The smallest absolute Gasteiger partial charge is 0.462 e. The number of phosphoric ester groups is 1. The average molecular weight is 758 g/mol. The van der Waals surface area contributed by atoms with Crippen molar-refractivity contribution in [2.45, 2.75) is 206 Å². The Bertz CT molecular complexity index is 912. The van der Waals surface area contributed by atoms with Crippen LogP contribution in [-0.4, -0.2) is 49.3 Å². The van der Waals surface area contributed by atoms with Gasteiger partial charge in [0, 0.05) is 19.4 Å². The summed E-state index contributed by atoms with van der Waals surface area (Å²) >= 11 is 0. The minimum absolute atomic E-state index is 0.0524. The van der Waals surface area contributed by atoms with Gasteiger partial charge in [0.15, 0.2) is 6.10 Å². The van der Waals surface area contributed by atoms with Crippen LogP contribution in [0.3, 0.4) is 0 Å². The van der Waals surface area contributed by atoms with E-state index in [2.05, 4.69) is 38.2 Å². The Labute approximate surface area is 319 Å². The van der Waals surface area contributed by atoms with Crippen LogP contribution < -0.4 is 5.73 Å². The zero-order valence-corrected chi connectivity index (χ0v) is 34.4. The van der Waals surface area contributed by atoms with Crippen molar-refractivity contribution < 1.29 is 37.6 Å². The number of allylic oxidation sites excluding steroid dienone is 4. The van der Waals surface area contributed by atoms with E-state index in [0.29, 0.717) is 6.42 Å². The molecule has 0 heterocycles. The molecule has 10 heteroatoms. The summed E-state index contributed by atoms with van der Waals surface area (Å²) in [5.41, 5.74) is 5.34. The molecule has 2 atom stereocenters. The number of carbonyl (C=O) groups excluding carboxylic acids is 2. The molecule has 0 aliphatic heterocycles. The molecule has 0 saturated carbocycles. The van der Waals surface area contributed by atoms with Gasteiger partial charge in [-0.25, -0.2) is 4.57 Å². The number of hydrogen-bond donors (Lipinski definition) is 2. The summed E-state index contributed by atoms with van der Waals surface area (Å²) in [5.74, 6) is -0.838. The zero-order valence-electron chi connectivity index (χ0n) is 33.6. The highest BCUT2D eigenvalue weighted by Gasteiger charge is 2.26. The number of unbranched alkanes of at least 4 members (excludes halogenated alkanes) is 23. The molecule has 0 fully saturated rings. The normalized spacial score (nSPS) is 13.5. The third-order valence-electron chi connectivity index (χ3n) is 9.09. The Morgan fingerprint density at radius 1 is 0.577 bits per heavy atom. The summed E-state index contributed by atoms with van der Waals surface area (Å²) in [6.07, 6.45) is 40.6. The number of carbonyl (C=O) groups is 2. The lowest BCUT2D eigenvalue weighted by Crippen LogP contribution is -2.29. The van der Waals surface area contributed by atoms with E-state index in [1.807, 2.05) is 0 Å². The summed E-state index contributed by atoms with van der Waals surface area (Å²) in [5, 5.41) is 0. The van der Waals surface area contributed by atoms with Crippen LogP contribution in [0.15, 0.2) is 24.3 Å². The highest BCUT2D eigenvalue weighted by atomic mass is 31.2. The van der Waals surface area contributed by atoms with Gasteiger partial charge in [-0.15, -0.1) is 0 Å². The summed E-state index contributed by atoms with van der Waals surface area (Å²) < 4.78 is 32.7. The predicted octanol–water partition coefficient (Wildman–Crippen LogP) is 12.0. The monoisotopic (exact) mass is 758 g/mol. The molecule has 0 aliphatic rings. The number of ether oxygens (including phenoxy) is 2. The third kappa shape index (κ3) is 38.2. The van der Waals surface area contributed by atoms with Crippen LogP contribution in [0, 0.1) is 0 Å². The van der Waals surface area contributed by atoms with Crippen molar-refractivity contribution in [2.75, 3.05) is 26.4 Å². The van der Waals surface area contributed by atoms with Gasteiger partial charge in [-0.2, -0.15) is 0 Å². The Hall–Kier alpha value is -1.51. The number of nitrogens with two attached hydrogens (primary N) is 1. The molecule has 0 aromatic heterocycles. The topological polar surface area (TPSA) is 134 Å². The maximum atomic E-state index is 12.5. The van der Waals surface area contributed by atoms with Gasteiger partial charge in [0.05, 0.1) is 13.2 Å². The van der Waals surface area contributed by atoms with Crippen molar-refractivity contribution in [3.8, 4) is 0 Å². The van der Waals surface area contributed by atoms with Gasteiger partial charge < -0.3 is 20.1 Å². The third-order valence-corrected chi connectivity index (χ3v) is 10.1. The first-order valence-electron chi connectivity index (χ1n) is 21.3. The molecule has 9 nitrogen and oxygen atoms in total. The van der Waals surface area contributed by atoms with Crippen molar-refractivity contribution >= 4 is 19.8 Å². The molecule has 306 valence electrons. The number of phosphoric acid groups is 1. The van der Waals surface area contributed by atoms with E-state index in [1.165, 1.54) is 103 Å². The molecule has 3 N–H and O–H groups in total. The quantitative estimate of drug-likeness (QED) is 0.0271. The molecular formula is C42H80NO8P. The highest BCUT2D eigenvalue weighted by Crippen LogP contribution is 2.43. The van der Waals surface area contributed by atoms with E-state index >= 15 is 0 Å². The summed E-state index contributed by atoms with van der Waals surface area (Å²) in [7, 11) is -4.37. The molecule has 52 heavy (non-hydrogen) atoms. The highest BCUT2D eigenvalue weighted by molar-refractivity contribution is 7.47. The molecule has 0 radical (unpaired) electrons. The van der Waals surface area contributed by atoms with Crippen molar-refractivity contribution in [3.63, 3.8) is 0 Å². The molecule has 0 rings (SSSR count). The fourth-order valence-corrected chi connectivity index (χ4v) is 6.65. The SMILES string of the molecule is CCCC/C=C\C/C=C\CCCCCCCC(=O)O[C@H](COC(=O)CCCCCCCCCCCCCCCCCCC)COP(=O)(O)OCCN. The maximum Gasteiger partial charge on any atom is 0.472 e. The molecule has 1 unspecified atom stereocenters. The lowest BCUT2D eigenvalue weighted by Gasteiger charge is -2.19. The van der Waals surface area contributed by atoms with Crippen LogP contribution in [0.4, 0.5) is 0 Å².